The highest BCUT2D eigenvalue weighted by molar-refractivity contribution is 5.72. The van der Waals surface area contributed by atoms with Gasteiger partial charge in [-0.05, 0) is 18.1 Å². The second-order valence-electron chi connectivity index (χ2n) is 2.18. The van der Waals surface area contributed by atoms with Crippen molar-refractivity contribution in [3.05, 3.63) is 10.4 Å². The summed E-state index contributed by atoms with van der Waals surface area (Å²) >= 11 is 0. The van der Waals surface area contributed by atoms with Crippen LogP contribution < -0.4 is 11.2 Å². The molecule has 0 radical (unpaired) electrons. The van der Waals surface area contributed by atoms with E-state index < -0.39 is 12.0 Å². The molecule has 0 amide bonds. The molecule has 0 aromatic rings. The molecule has 7 nitrogen and oxygen atoms in total. The molecule has 4 N–H and O–H groups in total. The van der Waals surface area contributed by atoms with Gasteiger partial charge in [0.2, 0.25) is 0 Å². The highest BCUT2D eigenvalue weighted by Crippen LogP contribution is 1.92. The predicted molar refractivity (Wildman–Crippen MR) is 42.0 cm³/mol. The minimum atomic E-state index is -1.02. The zero-order chi connectivity index (χ0) is 9.40. The number of aliphatic carboxylic acids is 1. The van der Waals surface area contributed by atoms with Crippen molar-refractivity contribution in [3.8, 4) is 0 Å². The molecule has 0 rings (SSSR count). The summed E-state index contributed by atoms with van der Waals surface area (Å²) in [5.41, 5.74) is 15.4. The fourth-order valence-electron chi connectivity index (χ4n) is 0.606. The molecule has 1 unspecified atom stereocenters. The van der Waals surface area contributed by atoms with Crippen LogP contribution in [0.15, 0.2) is 5.22 Å². The summed E-state index contributed by atoms with van der Waals surface area (Å²) in [6, 6.07) is -0.835. The van der Waals surface area contributed by atoms with Crippen molar-refractivity contribution in [2.75, 3.05) is 6.54 Å². The molecule has 0 aromatic carbocycles. The molecule has 68 valence electrons. The fourth-order valence-corrected chi connectivity index (χ4v) is 0.606. The molecule has 0 aliphatic heterocycles. The zero-order valence-corrected chi connectivity index (χ0v) is 6.47. The number of carboxylic acid groups (broad SMARTS) is 1. The van der Waals surface area contributed by atoms with Crippen molar-refractivity contribution in [2.45, 2.75) is 18.9 Å². The van der Waals surface area contributed by atoms with Crippen molar-refractivity contribution >= 4 is 5.97 Å². The van der Waals surface area contributed by atoms with E-state index in [2.05, 4.69) is 15.6 Å². The third kappa shape index (κ3) is 5.33. The summed E-state index contributed by atoms with van der Waals surface area (Å²) in [7, 11) is 0. The van der Waals surface area contributed by atoms with Crippen LogP contribution in [0.1, 0.15) is 12.8 Å². The Balaban J connectivity index is 3.31. The summed E-state index contributed by atoms with van der Waals surface area (Å²) in [5.74, 6) is -1.02. The van der Waals surface area contributed by atoms with E-state index in [0.717, 1.165) is 0 Å². The first-order valence-electron chi connectivity index (χ1n) is 3.44. The summed E-state index contributed by atoms with van der Waals surface area (Å²) in [5, 5.41) is 11.4. The van der Waals surface area contributed by atoms with Crippen LogP contribution in [0.5, 0.6) is 0 Å². The Hall–Kier alpha value is -1.46. The second kappa shape index (κ2) is 6.26. The Kier molecular flexibility index (Phi) is 5.50. The normalized spacial score (nSPS) is 11.4. The molecule has 0 aliphatic carbocycles. The standard InChI is InChI=1S/C5H11N5O2/c6-4(5(11)12)2-1-3-8-10-9-7/h4,8H,1-3,6H2,(H,11,12). The lowest BCUT2D eigenvalue weighted by Gasteiger charge is -2.03. The van der Waals surface area contributed by atoms with E-state index in [9.17, 15) is 4.79 Å². The first kappa shape index (κ1) is 10.5. The van der Waals surface area contributed by atoms with Gasteiger partial charge in [-0.25, -0.2) is 0 Å². The molecular weight excluding hydrogens is 162 g/mol. The first-order valence-corrected chi connectivity index (χ1v) is 3.44. The Morgan fingerprint density at radius 1 is 1.83 bits per heavy atom. The highest BCUT2D eigenvalue weighted by Gasteiger charge is 2.09. The maximum absolute atomic E-state index is 10.2. The number of hydrogen-bond acceptors (Lipinski definition) is 3. The van der Waals surface area contributed by atoms with Crippen molar-refractivity contribution in [3.63, 3.8) is 0 Å². The number of rotatable bonds is 6. The molecule has 0 bridgehead atoms. The smallest absolute Gasteiger partial charge is 0.320 e. The molecular formula is C5H11N5O2. The fraction of sp³-hybridized carbons (Fsp3) is 0.800. The maximum Gasteiger partial charge on any atom is 0.320 e. The number of nitrogens with zero attached hydrogens (tertiary/aromatic N) is 3. The molecule has 0 saturated heterocycles. The van der Waals surface area contributed by atoms with Crippen LogP contribution in [-0.4, -0.2) is 23.7 Å². The Labute approximate surface area is 69.1 Å². The second-order valence-corrected chi connectivity index (χ2v) is 2.18. The van der Waals surface area contributed by atoms with Crippen LogP contribution in [0, 0.1) is 0 Å². The van der Waals surface area contributed by atoms with Crippen LogP contribution in [0.25, 0.3) is 10.4 Å². The molecule has 0 fully saturated rings. The van der Waals surface area contributed by atoms with Gasteiger partial charge in [0.1, 0.15) is 6.04 Å². The van der Waals surface area contributed by atoms with E-state index in [1.165, 1.54) is 0 Å². The average molecular weight is 173 g/mol. The van der Waals surface area contributed by atoms with Gasteiger partial charge in [-0.1, -0.05) is 0 Å². The average Bonchev–Trinajstić information content (AvgIpc) is 2.03. The van der Waals surface area contributed by atoms with Gasteiger partial charge in [-0.3, -0.25) is 10.2 Å². The quantitative estimate of drug-likeness (QED) is 0.172. The van der Waals surface area contributed by atoms with Crippen molar-refractivity contribution in [1.82, 2.24) is 5.43 Å². The van der Waals surface area contributed by atoms with Gasteiger partial charge in [-0.2, -0.15) is 4.91 Å². The van der Waals surface area contributed by atoms with Gasteiger partial charge >= 0.3 is 5.97 Å². The molecule has 0 aromatic heterocycles. The van der Waals surface area contributed by atoms with E-state index in [4.69, 9.17) is 16.4 Å². The lowest BCUT2D eigenvalue weighted by Crippen LogP contribution is -2.30. The Bertz CT molecular complexity index is 188. The highest BCUT2D eigenvalue weighted by atomic mass is 16.4. The molecule has 0 spiro atoms. The topological polar surface area (TPSA) is 124 Å². The number of hydrogen-bond donors (Lipinski definition) is 3. The first-order chi connectivity index (χ1) is 5.68. The van der Waals surface area contributed by atoms with Gasteiger partial charge in [0.05, 0.1) is 6.54 Å². The van der Waals surface area contributed by atoms with Gasteiger partial charge in [0.25, 0.3) is 0 Å². The predicted octanol–water partition coefficient (Wildman–Crippen LogP) is -0.00660. The molecule has 1 atom stereocenters. The van der Waals surface area contributed by atoms with Crippen LogP contribution in [-0.2, 0) is 4.79 Å². The van der Waals surface area contributed by atoms with Crippen molar-refractivity contribution < 1.29 is 9.90 Å². The Morgan fingerprint density at radius 2 is 2.50 bits per heavy atom. The monoisotopic (exact) mass is 173 g/mol. The lowest BCUT2D eigenvalue weighted by molar-refractivity contribution is -0.138. The lowest BCUT2D eigenvalue weighted by atomic mass is 10.2. The molecule has 0 aliphatic rings. The van der Waals surface area contributed by atoms with Gasteiger partial charge in [-0.15, -0.1) is 5.53 Å². The van der Waals surface area contributed by atoms with Crippen molar-refractivity contribution in [2.24, 2.45) is 11.0 Å². The SMILES string of the molecule is [N-]=[N+]=NNCCCC(N)C(=O)O. The van der Waals surface area contributed by atoms with Crippen molar-refractivity contribution in [1.29, 1.82) is 0 Å². The van der Waals surface area contributed by atoms with E-state index in [0.29, 0.717) is 19.4 Å². The summed E-state index contributed by atoms with van der Waals surface area (Å²) in [4.78, 5) is 12.6. The number of carboxylic acids is 1. The van der Waals surface area contributed by atoms with Gasteiger partial charge in [0, 0.05) is 0 Å². The van der Waals surface area contributed by atoms with E-state index in [1.54, 1.807) is 0 Å². The van der Waals surface area contributed by atoms with E-state index >= 15 is 0 Å². The number of nitrogens with one attached hydrogen (secondary N) is 1. The van der Waals surface area contributed by atoms with Crippen LogP contribution in [0.2, 0.25) is 0 Å². The minimum Gasteiger partial charge on any atom is -0.480 e. The molecule has 0 heterocycles. The largest absolute Gasteiger partial charge is 0.480 e. The number of azide groups is 1. The Morgan fingerprint density at radius 3 is 3.00 bits per heavy atom. The summed E-state index contributed by atoms with van der Waals surface area (Å²) in [6.45, 7) is 0.436. The van der Waals surface area contributed by atoms with Gasteiger partial charge in [0.15, 0.2) is 0 Å². The zero-order valence-electron chi connectivity index (χ0n) is 6.47. The number of carbonyl (C=O) groups is 1. The molecule has 12 heavy (non-hydrogen) atoms. The minimum absolute atomic E-state index is 0.364. The maximum atomic E-state index is 10.2. The molecule has 7 heteroatoms. The van der Waals surface area contributed by atoms with E-state index in [-0.39, 0.29) is 0 Å². The van der Waals surface area contributed by atoms with Crippen LogP contribution in [0.3, 0.4) is 0 Å². The van der Waals surface area contributed by atoms with Crippen LogP contribution >= 0.6 is 0 Å². The third-order valence-electron chi connectivity index (χ3n) is 1.24. The van der Waals surface area contributed by atoms with Gasteiger partial charge < -0.3 is 10.8 Å². The summed E-state index contributed by atoms with van der Waals surface area (Å²) in [6.07, 6.45) is 0.926. The third-order valence-corrected chi connectivity index (χ3v) is 1.24. The molecule has 0 saturated carbocycles. The van der Waals surface area contributed by atoms with Crippen LogP contribution in [0.4, 0.5) is 0 Å². The van der Waals surface area contributed by atoms with E-state index in [1.807, 2.05) is 0 Å². The number of nitrogens with two attached hydrogens (primary N) is 1. The summed E-state index contributed by atoms with van der Waals surface area (Å²) < 4.78 is 0.